The summed E-state index contributed by atoms with van der Waals surface area (Å²) in [7, 11) is 0. The molecule has 1 rings (SSSR count). The number of benzene rings is 1. The third-order valence-electron chi connectivity index (χ3n) is 2.12. The van der Waals surface area contributed by atoms with Crippen LogP contribution < -0.4 is 5.32 Å². The van der Waals surface area contributed by atoms with Crippen molar-refractivity contribution in [2.24, 2.45) is 0 Å². The molecule has 0 radical (unpaired) electrons. The van der Waals surface area contributed by atoms with Gasteiger partial charge in [0.15, 0.2) is 0 Å². The first-order valence-electron chi connectivity index (χ1n) is 4.73. The number of nitrogens with one attached hydrogen (secondary N) is 1. The van der Waals surface area contributed by atoms with Gasteiger partial charge in [-0.05, 0) is 37.6 Å². The molecule has 0 aliphatic heterocycles. The van der Waals surface area contributed by atoms with Crippen LogP contribution in [0.1, 0.15) is 30.6 Å². The minimum atomic E-state index is -0.0207. The van der Waals surface area contributed by atoms with Gasteiger partial charge in [0, 0.05) is 16.5 Å². The molecule has 0 bridgehead atoms. The van der Waals surface area contributed by atoms with Gasteiger partial charge in [-0.1, -0.05) is 6.92 Å². The van der Waals surface area contributed by atoms with Crippen molar-refractivity contribution < 1.29 is 4.79 Å². The molecule has 1 N–H and O–H groups in total. The van der Waals surface area contributed by atoms with Crippen molar-refractivity contribution in [3.05, 3.63) is 29.8 Å². The number of hydrogen-bond donors (Lipinski definition) is 2. The van der Waals surface area contributed by atoms with Crippen molar-refractivity contribution >= 4 is 18.5 Å². The maximum Gasteiger partial charge on any atom is 0.251 e. The topological polar surface area (TPSA) is 29.1 Å². The van der Waals surface area contributed by atoms with E-state index in [1.807, 2.05) is 26.0 Å². The Morgan fingerprint density at radius 1 is 1.43 bits per heavy atom. The molecule has 3 heteroatoms. The summed E-state index contributed by atoms with van der Waals surface area (Å²) in [6.45, 7) is 4.03. The Hall–Kier alpha value is -0.960. The second-order valence-corrected chi connectivity index (χ2v) is 3.85. The molecular formula is C11H15NOS. The predicted octanol–water partition coefficient (Wildman–Crippen LogP) is 2.50. The van der Waals surface area contributed by atoms with Gasteiger partial charge in [-0.25, -0.2) is 0 Å². The van der Waals surface area contributed by atoms with E-state index in [1.165, 1.54) is 0 Å². The summed E-state index contributed by atoms with van der Waals surface area (Å²) in [4.78, 5) is 12.5. The van der Waals surface area contributed by atoms with E-state index in [1.54, 1.807) is 12.1 Å². The largest absolute Gasteiger partial charge is 0.350 e. The summed E-state index contributed by atoms with van der Waals surface area (Å²) in [5.41, 5.74) is 0.683. The van der Waals surface area contributed by atoms with Gasteiger partial charge in [0.05, 0.1) is 0 Å². The number of rotatable bonds is 3. The number of thiol groups is 1. The van der Waals surface area contributed by atoms with E-state index in [2.05, 4.69) is 17.9 Å². The van der Waals surface area contributed by atoms with Crippen LogP contribution in [0, 0.1) is 0 Å². The van der Waals surface area contributed by atoms with Crippen LogP contribution in [0.3, 0.4) is 0 Å². The molecule has 76 valence electrons. The fourth-order valence-electron chi connectivity index (χ4n) is 1.02. The van der Waals surface area contributed by atoms with E-state index in [-0.39, 0.29) is 11.9 Å². The second kappa shape index (κ2) is 5.05. The smallest absolute Gasteiger partial charge is 0.251 e. The highest BCUT2D eigenvalue weighted by atomic mass is 32.1. The van der Waals surface area contributed by atoms with Crippen molar-refractivity contribution in [3.63, 3.8) is 0 Å². The van der Waals surface area contributed by atoms with Crippen LogP contribution in [0.25, 0.3) is 0 Å². The fourth-order valence-corrected chi connectivity index (χ4v) is 1.17. The average Bonchev–Trinajstić information content (AvgIpc) is 2.18. The Morgan fingerprint density at radius 3 is 2.50 bits per heavy atom. The summed E-state index contributed by atoms with van der Waals surface area (Å²) in [6, 6.07) is 7.40. The monoisotopic (exact) mass is 209 g/mol. The molecule has 0 heterocycles. The van der Waals surface area contributed by atoms with Gasteiger partial charge in [0.1, 0.15) is 0 Å². The summed E-state index contributed by atoms with van der Waals surface area (Å²) in [5, 5.41) is 2.90. The van der Waals surface area contributed by atoms with Crippen LogP contribution in [-0.2, 0) is 0 Å². The lowest BCUT2D eigenvalue weighted by atomic mass is 10.2. The number of carbonyl (C=O) groups excluding carboxylic acids is 1. The SMILES string of the molecule is CCC(C)NC(=O)c1ccc(S)cc1. The summed E-state index contributed by atoms with van der Waals surface area (Å²) < 4.78 is 0. The maximum absolute atomic E-state index is 11.6. The first-order valence-corrected chi connectivity index (χ1v) is 5.18. The molecule has 14 heavy (non-hydrogen) atoms. The molecule has 1 unspecified atom stereocenters. The Bertz CT molecular complexity index is 308. The molecule has 0 spiro atoms. The lowest BCUT2D eigenvalue weighted by Crippen LogP contribution is -2.31. The van der Waals surface area contributed by atoms with Gasteiger partial charge in [0.25, 0.3) is 5.91 Å². The molecule has 1 aromatic rings. The van der Waals surface area contributed by atoms with Gasteiger partial charge in [-0.15, -0.1) is 12.6 Å². The third-order valence-corrected chi connectivity index (χ3v) is 2.42. The fraction of sp³-hybridized carbons (Fsp3) is 0.364. The van der Waals surface area contributed by atoms with Gasteiger partial charge >= 0.3 is 0 Å². The molecule has 0 aliphatic rings. The van der Waals surface area contributed by atoms with Crippen molar-refractivity contribution in [1.82, 2.24) is 5.32 Å². The third kappa shape index (κ3) is 3.07. The molecule has 0 aliphatic carbocycles. The first kappa shape index (κ1) is 11.1. The quantitative estimate of drug-likeness (QED) is 0.736. The average molecular weight is 209 g/mol. The zero-order valence-electron chi connectivity index (χ0n) is 8.45. The molecule has 0 fully saturated rings. The van der Waals surface area contributed by atoms with Crippen LogP contribution in [0.4, 0.5) is 0 Å². The number of hydrogen-bond acceptors (Lipinski definition) is 2. The highest BCUT2D eigenvalue weighted by Crippen LogP contribution is 2.07. The van der Waals surface area contributed by atoms with Gasteiger partial charge in [-0.2, -0.15) is 0 Å². The standard InChI is InChI=1S/C11H15NOS/c1-3-8(2)12-11(13)9-4-6-10(14)7-5-9/h4-8,14H,3H2,1-2H3,(H,12,13). The Balaban J connectivity index is 2.65. The molecule has 0 aromatic heterocycles. The zero-order valence-corrected chi connectivity index (χ0v) is 9.34. The molecule has 0 saturated carbocycles. The predicted molar refractivity (Wildman–Crippen MR) is 60.9 cm³/mol. The van der Waals surface area contributed by atoms with E-state index in [9.17, 15) is 4.79 Å². The molecule has 2 nitrogen and oxygen atoms in total. The van der Waals surface area contributed by atoms with Crippen molar-refractivity contribution in [3.8, 4) is 0 Å². The lowest BCUT2D eigenvalue weighted by molar-refractivity contribution is 0.0939. The minimum absolute atomic E-state index is 0.0207. The van der Waals surface area contributed by atoms with Crippen molar-refractivity contribution in [2.75, 3.05) is 0 Å². The Morgan fingerprint density at radius 2 is 2.00 bits per heavy atom. The highest BCUT2D eigenvalue weighted by molar-refractivity contribution is 7.80. The van der Waals surface area contributed by atoms with Crippen LogP contribution in [0.2, 0.25) is 0 Å². The van der Waals surface area contributed by atoms with Crippen LogP contribution in [0.15, 0.2) is 29.2 Å². The Labute approximate surface area is 90.1 Å². The van der Waals surface area contributed by atoms with E-state index in [0.29, 0.717) is 5.56 Å². The minimum Gasteiger partial charge on any atom is -0.350 e. The van der Waals surface area contributed by atoms with Crippen LogP contribution in [-0.4, -0.2) is 11.9 Å². The van der Waals surface area contributed by atoms with E-state index < -0.39 is 0 Å². The summed E-state index contributed by atoms with van der Waals surface area (Å²) in [6.07, 6.45) is 0.941. The summed E-state index contributed by atoms with van der Waals surface area (Å²) in [5.74, 6) is -0.0207. The number of amides is 1. The normalized spacial score (nSPS) is 12.2. The molecule has 0 saturated heterocycles. The molecule has 1 atom stereocenters. The highest BCUT2D eigenvalue weighted by Gasteiger charge is 2.07. The van der Waals surface area contributed by atoms with Crippen LogP contribution >= 0.6 is 12.6 Å². The Kier molecular flexibility index (Phi) is 4.01. The van der Waals surface area contributed by atoms with Gasteiger partial charge < -0.3 is 5.32 Å². The summed E-state index contributed by atoms with van der Waals surface area (Å²) >= 11 is 4.16. The van der Waals surface area contributed by atoms with Gasteiger partial charge in [0.2, 0.25) is 0 Å². The molecular weight excluding hydrogens is 194 g/mol. The molecule has 1 aromatic carbocycles. The lowest BCUT2D eigenvalue weighted by Gasteiger charge is -2.11. The van der Waals surface area contributed by atoms with Crippen LogP contribution in [0.5, 0.6) is 0 Å². The van der Waals surface area contributed by atoms with Crippen molar-refractivity contribution in [1.29, 1.82) is 0 Å². The van der Waals surface area contributed by atoms with Crippen molar-refractivity contribution in [2.45, 2.75) is 31.2 Å². The van der Waals surface area contributed by atoms with E-state index in [4.69, 9.17) is 0 Å². The number of carbonyl (C=O) groups is 1. The first-order chi connectivity index (χ1) is 6.63. The van der Waals surface area contributed by atoms with E-state index in [0.717, 1.165) is 11.3 Å². The molecule has 1 amide bonds. The zero-order chi connectivity index (χ0) is 10.6. The van der Waals surface area contributed by atoms with Gasteiger partial charge in [-0.3, -0.25) is 4.79 Å². The van der Waals surface area contributed by atoms with E-state index >= 15 is 0 Å². The second-order valence-electron chi connectivity index (χ2n) is 3.33. The maximum atomic E-state index is 11.6.